The number of carboxylic acid groups (broad SMARTS) is 2. The number of hydrogen-bond donors (Lipinski definition) is 6. The number of amides is 1. The number of rotatable bonds is 8. The van der Waals surface area contributed by atoms with Gasteiger partial charge in [-0.25, -0.2) is 4.79 Å². The van der Waals surface area contributed by atoms with E-state index >= 15 is 0 Å². The lowest BCUT2D eigenvalue weighted by Crippen LogP contribution is -2.45. The molecule has 0 bridgehead atoms. The minimum atomic E-state index is -1.89. The van der Waals surface area contributed by atoms with Gasteiger partial charge < -0.3 is 31.5 Å². The van der Waals surface area contributed by atoms with Crippen LogP contribution in [0, 0.1) is 0 Å². The van der Waals surface area contributed by atoms with Gasteiger partial charge >= 0.3 is 11.9 Å². The highest BCUT2D eigenvalue weighted by Crippen LogP contribution is 2.00. The molecule has 0 aromatic carbocycles. The molecule has 0 aliphatic heterocycles. The number of carboxylic acids is 2. The van der Waals surface area contributed by atoms with E-state index in [4.69, 9.17) is 26.2 Å². The lowest BCUT2D eigenvalue weighted by atomic mass is 10.1. The minimum Gasteiger partial charge on any atom is -0.481 e. The number of nitrogens with one attached hydrogen (secondary N) is 1. The van der Waals surface area contributed by atoms with Crippen molar-refractivity contribution in [1.29, 1.82) is 0 Å². The van der Waals surface area contributed by atoms with Crippen LogP contribution in [-0.4, -0.2) is 56.6 Å². The lowest BCUT2D eigenvalue weighted by Gasteiger charge is -2.16. The van der Waals surface area contributed by atoms with Crippen LogP contribution >= 0.6 is 0 Å². The Bertz CT molecular complexity index is 318. The zero-order valence-corrected chi connectivity index (χ0v) is 9.44. The van der Waals surface area contributed by atoms with Gasteiger partial charge in [-0.1, -0.05) is 0 Å². The number of aliphatic hydroxyl groups is 2. The molecule has 1 amide bonds. The van der Waals surface area contributed by atoms with E-state index in [0.717, 1.165) is 0 Å². The molecule has 0 heterocycles. The first-order valence-electron chi connectivity index (χ1n) is 5.09. The molecular weight excluding hydrogens is 248 g/mol. The van der Waals surface area contributed by atoms with Gasteiger partial charge in [-0.3, -0.25) is 9.59 Å². The molecule has 0 aliphatic rings. The van der Waals surface area contributed by atoms with Crippen LogP contribution < -0.4 is 11.1 Å². The summed E-state index contributed by atoms with van der Waals surface area (Å²) in [5.74, 6) is -3.35. The van der Waals surface area contributed by atoms with E-state index in [1.54, 1.807) is 0 Å². The molecule has 0 unspecified atom stereocenters. The van der Waals surface area contributed by atoms with Crippen molar-refractivity contribution in [3.8, 4) is 0 Å². The minimum absolute atomic E-state index is 0.271. The van der Waals surface area contributed by atoms with E-state index < -0.39 is 49.1 Å². The molecular formula is C9H16N2O7. The van der Waals surface area contributed by atoms with Crippen molar-refractivity contribution in [3.05, 3.63) is 0 Å². The largest absolute Gasteiger partial charge is 0.481 e. The van der Waals surface area contributed by atoms with Gasteiger partial charge in [0.05, 0.1) is 6.04 Å². The van der Waals surface area contributed by atoms with Gasteiger partial charge in [0.2, 0.25) is 5.91 Å². The zero-order valence-electron chi connectivity index (χ0n) is 9.44. The molecule has 0 aromatic rings. The molecule has 0 saturated carbocycles. The summed E-state index contributed by atoms with van der Waals surface area (Å²) in [5.41, 5.74) is 5.19. The fourth-order valence-corrected chi connectivity index (χ4v) is 1.10. The Hall–Kier alpha value is -1.71. The molecule has 0 fully saturated rings. The molecule has 0 aliphatic carbocycles. The fourth-order valence-electron chi connectivity index (χ4n) is 1.10. The first-order valence-corrected chi connectivity index (χ1v) is 5.09. The number of nitrogens with two attached hydrogens (primary N) is 1. The van der Waals surface area contributed by atoms with Crippen molar-refractivity contribution in [1.82, 2.24) is 5.32 Å². The summed E-state index contributed by atoms with van der Waals surface area (Å²) >= 11 is 0. The average molecular weight is 264 g/mol. The number of carbonyl (C=O) groups excluding carboxylic acids is 1. The Balaban J connectivity index is 4.28. The molecule has 7 N–H and O–H groups in total. The first kappa shape index (κ1) is 16.3. The number of hydrogen-bond acceptors (Lipinski definition) is 6. The Morgan fingerprint density at radius 3 is 2.11 bits per heavy atom. The van der Waals surface area contributed by atoms with Crippen LogP contribution in [0.5, 0.6) is 0 Å². The Labute approximate surface area is 102 Å². The molecule has 104 valence electrons. The summed E-state index contributed by atoms with van der Waals surface area (Å²) in [6.45, 7) is 0. The molecule has 0 spiro atoms. The smallest absolute Gasteiger partial charge is 0.326 e. The predicted octanol–water partition coefficient (Wildman–Crippen LogP) is -2.55. The van der Waals surface area contributed by atoms with Gasteiger partial charge in [0.1, 0.15) is 6.04 Å². The highest BCUT2D eigenvalue weighted by molar-refractivity contribution is 5.84. The second kappa shape index (κ2) is 7.58. The number of aliphatic carboxylic acids is 2. The van der Waals surface area contributed by atoms with Gasteiger partial charge in [-0.15, -0.1) is 0 Å². The molecule has 9 heteroatoms. The summed E-state index contributed by atoms with van der Waals surface area (Å²) in [6, 6.07) is -2.59. The fraction of sp³-hybridized carbons (Fsp3) is 0.667. The Morgan fingerprint density at radius 2 is 1.72 bits per heavy atom. The molecule has 9 nitrogen and oxygen atoms in total. The summed E-state index contributed by atoms with van der Waals surface area (Å²) in [6.07, 6.45) is -3.05. The quantitative estimate of drug-likeness (QED) is 0.260. The topological polar surface area (TPSA) is 170 Å². The van der Waals surface area contributed by atoms with Crippen LogP contribution in [-0.2, 0) is 14.4 Å². The second-order valence-corrected chi connectivity index (χ2v) is 3.67. The van der Waals surface area contributed by atoms with E-state index in [1.165, 1.54) is 0 Å². The third-order valence-electron chi connectivity index (χ3n) is 2.08. The summed E-state index contributed by atoms with van der Waals surface area (Å²) in [4.78, 5) is 32.3. The van der Waals surface area contributed by atoms with Crippen LogP contribution in [0.1, 0.15) is 19.3 Å². The van der Waals surface area contributed by atoms with Crippen LogP contribution in [0.2, 0.25) is 0 Å². The van der Waals surface area contributed by atoms with Crippen LogP contribution in [0.3, 0.4) is 0 Å². The van der Waals surface area contributed by atoms with Gasteiger partial charge in [-0.05, 0) is 6.42 Å². The third-order valence-corrected chi connectivity index (χ3v) is 2.08. The lowest BCUT2D eigenvalue weighted by molar-refractivity contribution is -0.143. The molecule has 0 radical (unpaired) electrons. The van der Waals surface area contributed by atoms with Crippen molar-refractivity contribution >= 4 is 17.8 Å². The van der Waals surface area contributed by atoms with Gasteiger partial charge in [0.15, 0.2) is 6.29 Å². The van der Waals surface area contributed by atoms with Crippen LogP contribution in [0.15, 0.2) is 0 Å². The van der Waals surface area contributed by atoms with E-state index in [1.807, 2.05) is 0 Å². The molecule has 18 heavy (non-hydrogen) atoms. The molecule has 0 aromatic heterocycles. The van der Waals surface area contributed by atoms with Gasteiger partial charge in [-0.2, -0.15) is 0 Å². The summed E-state index contributed by atoms with van der Waals surface area (Å²) in [7, 11) is 0. The van der Waals surface area contributed by atoms with Crippen molar-refractivity contribution in [2.24, 2.45) is 5.73 Å². The monoisotopic (exact) mass is 264 g/mol. The van der Waals surface area contributed by atoms with Crippen molar-refractivity contribution < 1.29 is 34.8 Å². The first-order chi connectivity index (χ1) is 8.23. The molecule has 0 saturated heterocycles. The number of aliphatic hydroxyl groups excluding tert-OH is 1. The standard InChI is InChI=1S/C9H16N2O7/c10-4(8(15)16)3-6(12)11-5(9(17)18)1-2-7(13)14/h4-5,8,15-16H,1-3,10H2,(H,11,12)(H,13,14)(H,17,18)/t4-,5+/m0/s1. The summed E-state index contributed by atoms with van der Waals surface area (Å²) < 4.78 is 0. The van der Waals surface area contributed by atoms with Crippen molar-refractivity contribution in [2.75, 3.05) is 0 Å². The zero-order chi connectivity index (χ0) is 14.3. The van der Waals surface area contributed by atoms with Crippen LogP contribution in [0.25, 0.3) is 0 Å². The molecule has 0 rings (SSSR count). The maximum Gasteiger partial charge on any atom is 0.326 e. The van der Waals surface area contributed by atoms with Gasteiger partial charge in [0.25, 0.3) is 0 Å². The second-order valence-electron chi connectivity index (χ2n) is 3.67. The van der Waals surface area contributed by atoms with Crippen LogP contribution in [0.4, 0.5) is 0 Å². The van der Waals surface area contributed by atoms with E-state index in [-0.39, 0.29) is 6.42 Å². The Kier molecular flexibility index (Phi) is 6.86. The van der Waals surface area contributed by atoms with Crippen molar-refractivity contribution in [2.45, 2.75) is 37.6 Å². The maximum absolute atomic E-state index is 11.3. The third kappa shape index (κ3) is 6.78. The van der Waals surface area contributed by atoms with Crippen molar-refractivity contribution in [3.63, 3.8) is 0 Å². The predicted molar refractivity (Wildman–Crippen MR) is 57.3 cm³/mol. The number of carbonyl (C=O) groups is 3. The summed E-state index contributed by atoms with van der Waals surface area (Å²) in [5, 5.41) is 36.5. The van der Waals surface area contributed by atoms with E-state index in [9.17, 15) is 14.4 Å². The SMILES string of the molecule is N[C@@H](CC(=O)N[C@H](CCC(=O)O)C(=O)O)C(O)O. The normalized spacial score (nSPS) is 14.0. The molecule has 2 atom stereocenters. The maximum atomic E-state index is 11.3. The Morgan fingerprint density at radius 1 is 1.17 bits per heavy atom. The average Bonchev–Trinajstić information content (AvgIpc) is 2.23. The van der Waals surface area contributed by atoms with E-state index in [2.05, 4.69) is 5.32 Å². The highest BCUT2D eigenvalue weighted by Gasteiger charge is 2.23. The highest BCUT2D eigenvalue weighted by atomic mass is 16.5. The van der Waals surface area contributed by atoms with E-state index in [0.29, 0.717) is 0 Å². The van der Waals surface area contributed by atoms with Gasteiger partial charge in [0, 0.05) is 12.8 Å².